The number of ether oxygens (including phenoxy) is 1. The lowest BCUT2D eigenvalue weighted by Crippen LogP contribution is -2.24. The summed E-state index contributed by atoms with van der Waals surface area (Å²) in [5.74, 6) is 0.882. The topological polar surface area (TPSA) is 57.0 Å². The van der Waals surface area contributed by atoms with Crippen LogP contribution >= 0.6 is 0 Å². The zero-order valence-electron chi connectivity index (χ0n) is 11.7. The summed E-state index contributed by atoms with van der Waals surface area (Å²) in [4.78, 5) is 16.4. The lowest BCUT2D eigenvalue weighted by atomic mass is 9.99. The number of rotatable bonds is 2. The predicted octanol–water partition coefficient (Wildman–Crippen LogP) is 2.30. The van der Waals surface area contributed by atoms with Crippen LogP contribution in [0.25, 0.3) is 11.4 Å². The molecule has 5 heteroatoms. The monoisotopic (exact) mass is 271 g/mol. The number of carbonyl (C=O) groups excluding carboxylic acids is 1. The van der Waals surface area contributed by atoms with Gasteiger partial charge in [-0.05, 0) is 25.8 Å². The molecular formula is C15H17N3O2. The van der Waals surface area contributed by atoms with E-state index in [1.165, 1.54) is 12.7 Å². The average molecular weight is 271 g/mol. The molecule has 5 nitrogen and oxygen atoms in total. The van der Waals surface area contributed by atoms with Gasteiger partial charge in [-0.3, -0.25) is 4.79 Å². The van der Waals surface area contributed by atoms with Gasteiger partial charge in [-0.15, -0.1) is 0 Å². The number of benzene rings is 1. The van der Waals surface area contributed by atoms with E-state index in [2.05, 4.69) is 16.1 Å². The minimum atomic E-state index is -0.292. The molecule has 20 heavy (non-hydrogen) atoms. The van der Waals surface area contributed by atoms with Crippen LogP contribution in [0.5, 0.6) is 0 Å². The number of methoxy groups -OCH3 is 1. The van der Waals surface area contributed by atoms with Gasteiger partial charge in [0, 0.05) is 12.1 Å². The minimum absolute atomic E-state index is 0.228. The third-order valence-corrected chi connectivity index (χ3v) is 3.64. The van der Waals surface area contributed by atoms with Crippen molar-refractivity contribution in [3.05, 3.63) is 35.7 Å². The molecule has 0 saturated heterocycles. The Bertz CT molecular complexity index is 648. The van der Waals surface area contributed by atoms with Crippen molar-refractivity contribution < 1.29 is 9.53 Å². The smallest absolute Gasteiger partial charge is 0.316 e. The molecule has 104 valence electrons. The van der Waals surface area contributed by atoms with Crippen LogP contribution in [0, 0.1) is 6.92 Å². The van der Waals surface area contributed by atoms with Crippen LogP contribution in [0.1, 0.15) is 30.1 Å². The number of carbonyl (C=O) groups is 1. The van der Waals surface area contributed by atoms with Gasteiger partial charge in [0.15, 0.2) is 5.82 Å². The second-order valence-electron chi connectivity index (χ2n) is 5.10. The number of esters is 1. The first-order valence-corrected chi connectivity index (χ1v) is 6.78. The third kappa shape index (κ3) is 2.19. The summed E-state index contributed by atoms with van der Waals surface area (Å²) in [6, 6.07) is 8.06. The summed E-state index contributed by atoms with van der Waals surface area (Å²) in [6.07, 6.45) is 1.70. The Labute approximate surface area is 117 Å². The van der Waals surface area contributed by atoms with Gasteiger partial charge in [0.25, 0.3) is 0 Å². The normalized spacial score (nSPS) is 17.6. The van der Waals surface area contributed by atoms with Crippen molar-refractivity contribution in [3.63, 3.8) is 0 Å². The molecule has 1 aromatic carbocycles. The number of hydrogen-bond acceptors (Lipinski definition) is 4. The molecule has 3 rings (SSSR count). The van der Waals surface area contributed by atoms with Crippen molar-refractivity contribution >= 4 is 5.97 Å². The second kappa shape index (κ2) is 5.07. The fraction of sp³-hybridized carbons (Fsp3) is 0.400. The standard InChI is InChI=1S/C15H17N3O2/c1-10-5-3-6-11(9-10)13-16-14-12(15(19)20-2)7-4-8-18(14)17-13/h3,5-6,9,12H,4,7-8H2,1-2H3. The van der Waals surface area contributed by atoms with E-state index < -0.39 is 0 Å². The number of hydrogen-bond donors (Lipinski definition) is 0. The Morgan fingerprint density at radius 2 is 2.30 bits per heavy atom. The molecule has 2 heterocycles. The van der Waals surface area contributed by atoms with E-state index in [9.17, 15) is 4.79 Å². The lowest BCUT2D eigenvalue weighted by molar-refractivity contribution is -0.143. The van der Waals surface area contributed by atoms with E-state index in [-0.39, 0.29) is 11.9 Å². The van der Waals surface area contributed by atoms with Crippen molar-refractivity contribution in [1.29, 1.82) is 0 Å². The fourth-order valence-electron chi connectivity index (χ4n) is 2.62. The molecule has 1 aliphatic rings. The average Bonchev–Trinajstić information content (AvgIpc) is 2.90. The zero-order chi connectivity index (χ0) is 14.1. The minimum Gasteiger partial charge on any atom is -0.468 e. The molecule has 1 atom stereocenters. The summed E-state index contributed by atoms with van der Waals surface area (Å²) < 4.78 is 6.70. The highest BCUT2D eigenvalue weighted by molar-refractivity contribution is 5.77. The molecular weight excluding hydrogens is 254 g/mol. The first-order chi connectivity index (χ1) is 9.69. The molecule has 0 amide bonds. The molecule has 1 aromatic heterocycles. The van der Waals surface area contributed by atoms with E-state index in [1.54, 1.807) is 0 Å². The number of aryl methyl sites for hydroxylation is 2. The Kier molecular flexibility index (Phi) is 3.26. The van der Waals surface area contributed by atoms with Gasteiger partial charge < -0.3 is 4.74 Å². The van der Waals surface area contributed by atoms with Gasteiger partial charge in [0.1, 0.15) is 11.7 Å². The van der Waals surface area contributed by atoms with Gasteiger partial charge >= 0.3 is 5.97 Å². The lowest BCUT2D eigenvalue weighted by Gasteiger charge is -2.19. The Morgan fingerprint density at radius 3 is 3.05 bits per heavy atom. The Morgan fingerprint density at radius 1 is 1.45 bits per heavy atom. The highest BCUT2D eigenvalue weighted by Gasteiger charge is 2.31. The molecule has 0 fully saturated rings. The first-order valence-electron chi connectivity index (χ1n) is 6.78. The highest BCUT2D eigenvalue weighted by Crippen LogP contribution is 2.29. The van der Waals surface area contributed by atoms with Crippen LogP contribution in [-0.4, -0.2) is 27.8 Å². The van der Waals surface area contributed by atoms with E-state index >= 15 is 0 Å². The molecule has 0 saturated carbocycles. The van der Waals surface area contributed by atoms with Crippen molar-refractivity contribution in [2.75, 3.05) is 7.11 Å². The molecule has 0 N–H and O–H groups in total. The molecule has 0 spiro atoms. The summed E-state index contributed by atoms with van der Waals surface area (Å²) in [7, 11) is 1.42. The number of aromatic nitrogens is 3. The van der Waals surface area contributed by atoms with Crippen molar-refractivity contribution in [3.8, 4) is 11.4 Å². The van der Waals surface area contributed by atoms with E-state index in [1.807, 2.05) is 29.8 Å². The Balaban J connectivity index is 2.01. The molecule has 0 aliphatic carbocycles. The van der Waals surface area contributed by atoms with Crippen LogP contribution in [0.15, 0.2) is 24.3 Å². The summed E-state index contributed by atoms with van der Waals surface area (Å²) in [5.41, 5.74) is 2.15. The summed E-state index contributed by atoms with van der Waals surface area (Å²) in [5, 5.41) is 4.53. The summed E-state index contributed by atoms with van der Waals surface area (Å²) in [6.45, 7) is 2.85. The SMILES string of the molecule is COC(=O)C1CCCn2nc(-c3cccc(C)c3)nc21. The number of fused-ring (bicyclic) bond motifs is 1. The van der Waals surface area contributed by atoms with Crippen molar-refractivity contribution in [2.24, 2.45) is 0 Å². The van der Waals surface area contributed by atoms with Crippen LogP contribution < -0.4 is 0 Å². The van der Waals surface area contributed by atoms with Gasteiger partial charge in [-0.25, -0.2) is 9.67 Å². The Hall–Kier alpha value is -2.17. The second-order valence-corrected chi connectivity index (χ2v) is 5.10. The molecule has 1 unspecified atom stereocenters. The predicted molar refractivity (Wildman–Crippen MR) is 74.2 cm³/mol. The van der Waals surface area contributed by atoms with Crippen molar-refractivity contribution in [1.82, 2.24) is 14.8 Å². The van der Waals surface area contributed by atoms with Crippen molar-refractivity contribution in [2.45, 2.75) is 32.2 Å². The fourth-order valence-corrected chi connectivity index (χ4v) is 2.62. The van der Waals surface area contributed by atoms with Gasteiger partial charge in [-0.2, -0.15) is 5.10 Å². The molecule has 0 bridgehead atoms. The van der Waals surface area contributed by atoms with Crippen LogP contribution in [0.4, 0.5) is 0 Å². The van der Waals surface area contributed by atoms with E-state index in [0.29, 0.717) is 5.82 Å². The molecule has 2 aromatic rings. The first kappa shape index (κ1) is 12.8. The van der Waals surface area contributed by atoms with Gasteiger partial charge in [0.2, 0.25) is 0 Å². The number of nitrogens with zero attached hydrogens (tertiary/aromatic N) is 3. The van der Waals surface area contributed by atoms with E-state index in [0.717, 1.165) is 30.8 Å². The van der Waals surface area contributed by atoms with Gasteiger partial charge in [-0.1, -0.05) is 23.8 Å². The van der Waals surface area contributed by atoms with Gasteiger partial charge in [0.05, 0.1) is 7.11 Å². The maximum Gasteiger partial charge on any atom is 0.316 e. The van der Waals surface area contributed by atoms with Crippen LogP contribution in [0.3, 0.4) is 0 Å². The van der Waals surface area contributed by atoms with E-state index in [4.69, 9.17) is 4.74 Å². The quantitative estimate of drug-likeness (QED) is 0.786. The zero-order valence-corrected chi connectivity index (χ0v) is 11.7. The molecule has 1 aliphatic heterocycles. The summed E-state index contributed by atoms with van der Waals surface area (Å²) >= 11 is 0. The highest BCUT2D eigenvalue weighted by atomic mass is 16.5. The van der Waals surface area contributed by atoms with Crippen LogP contribution in [0.2, 0.25) is 0 Å². The maximum absolute atomic E-state index is 11.8. The maximum atomic E-state index is 11.8. The third-order valence-electron chi connectivity index (χ3n) is 3.64. The van der Waals surface area contributed by atoms with Crippen LogP contribution in [-0.2, 0) is 16.1 Å². The largest absolute Gasteiger partial charge is 0.468 e. The molecule has 0 radical (unpaired) electrons.